The zero-order chi connectivity index (χ0) is 15.2. The van der Waals surface area contributed by atoms with E-state index in [2.05, 4.69) is 24.2 Å². The van der Waals surface area contributed by atoms with Crippen molar-refractivity contribution in [2.75, 3.05) is 11.9 Å². The van der Waals surface area contributed by atoms with Gasteiger partial charge in [-0.1, -0.05) is 62.3 Å². The molecule has 2 rings (SSSR count). The fraction of sp³-hybridized carbons (Fsp3) is 0.533. The van der Waals surface area contributed by atoms with Crippen molar-refractivity contribution in [3.8, 4) is 0 Å². The van der Waals surface area contributed by atoms with Crippen molar-refractivity contribution in [2.45, 2.75) is 42.6 Å². The van der Waals surface area contributed by atoms with Crippen LogP contribution in [-0.4, -0.2) is 22.7 Å². The number of hydrogen-bond donors (Lipinski definition) is 1. The van der Waals surface area contributed by atoms with Crippen LogP contribution in [0.3, 0.4) is 0 Å². The largest absolute Gasteiger partial charge is 0.334 e. The number of anilines is 1. The number of rotatable bonds is 6. The monoisotopic (exact) mass is 330 g/mol. The maximum absolute atomic E-state index is 12.6. The van der Waals surface area contributed by atoms with Gasteiger partial charge in [0.25, 0.3) is 5.76 Å². The minimum atomic E-state index is -2.41. The van der Waals surface area contributed by atoms with E-state index in [1.165, 1.54) is 0 Å². The first-order chi connectivity index (χ1) is 10.1. The van der Waals surface area contributed by atoms with Crippen LogP contribution in [0.4, 0.5) is 14.5 Å². The lowest BCUT2D eigenvalue weighted by Gasteiger charge is -2.19. The highest BCUT2D eigenvalue weighted by atomic mass is 32.2. The van der Waals surface area contributed by atoms with Crippen LogP contribution in [0, 0.1) is 5.92 Å². The molecule has 6 heteroatoms. The van der Waals surface area contributed by atoms with Crippen LogP contribution in [0.25, 0.3) is 0 Å². The van der Waals surface area contributed by atoms with Crippen molar-refractivity contribution in [3.05, 3.63) is 24.3 Å². The number of thioether (sulfide) groups is 2. The normalized spacial score (nSPS) is 18.4. The Balaban J connectivity index is 2.00. The minimum Gasteiger partial charge on any atom is -0.334 e. The smallest absolute Gasteiger partial charge is 0.288 e. The van der Waals surface area contributed by atoms with Gasteiger partial charge in [-0.2, -0.15) is 8.78 Å². The summed E-state index contributed by atoms with van der Waals surface area (Å²) < 4.78 is 25.1. The molecular formula is C15H20F2N2S2. The number of nitrogens with one attached hydrogen (secondary N) is 1. The van der Waals surface area contributed by atoms with Crippen molar-refractivity contribution >= 4 is 34.4 Å². The lowest BCUT2D eigenvalue weighted by molar-refractivity contribution is 0.252. The van der Waals surface area contributed by atoms with E-state index in [-0.39, 0.29) is 0 Å². The second-order valence-electron chi connectivity index (χ2n) is 4.88. The highest BCUT2D eigenvalue weighted by Gasteiger charge is 2.26. The third kappa shape index (κ3) is 4.61. The first-order valence-corrected chi connectivity index (χ1v) is 8.91. The Bertz CT molecular complexity index is 490. The number of halogens is 2. The first-order valence-electron chi connectivity index (χ1n) is 7.16. The molecule has 1 heterocycles. The van der Waals surface area contributed by atoms with Gasteiger partial charge in [0.05, 0.1) is 12.2 Å². The molecule has 0 radical (unpaired) electrons. The molecule has 0 saturated carbocycles. The van der Waals surface area contributed by atoms with Crippen LogP contribution >= 0.6 is 23.5 Å². The number of amidine groups is 1. The zero-order valence-electron chi connectivity index (χ0n) is 12.2. The van der Waals surface area contributed by atoms with E-state index in [0.29, 0.717) is 33.5 Å². The summed E-state index contributed by atoms with van der Waals surface area (Å²) in [5.74, 6) is -1.76. The summed E-state index contributed by atoms with van der Waals surface area (Å²) in [6, 6.07) is 7.14. The van der Waals surface area contributed by atoms with Gasteiger partial charge in [0, 0.05) is 10.1 Å². The van der Waals surface area contributed by atoms with Gasteiger partial charge < -0.3 is 5.32 Å². The number of nitrogens with zero attached hydrogens (tertiary/aromatic N) is 1. The quantitative estimate of drug-likeness (QED) is 0.714. The van der Waals surface area contributed by atoms with E-state index >= 15 is 0 Å². The molecule has 0 bridgehead atoms. The van der Waals surface area contributed by atoms with Crippen LogP contribution < -0.4 is 5.32 Å². The summed E-state index contributed by atoms with van der Waals surface area (Å²) in [6.07, 6.45) is 2.30. The Hall–Kier alpha value is -0.750. The lowest BCUT2D eigenvalue weighted by atomic mass is 9.99. The molecule has 1 N–H and O–H groups in total. The van der Waals surface area contributed by atoms with E-state index in [0.717, 1.165) is 24.6 Å². The topological polar surface area (TPSA) is 24.4 Å². The second kappa shape index (κ2) is 8.03. The Morgan fingerprint density at radius 1 is 1.33 bits per heavy atom. The number of benzene rings is 1. The maximum atomic E-state index is 12.6. The van der Waals surface area contributed by atoms with Crippen LogP contribution in [0.2, 0.25) is 0 Å². The molecule has 0 aromatic heterocycles. The molecule has 0 amide bonds. The molecule has 21 heavy (non-hydrogen) atoms. The third-order valence-corrected chi connectivity index (χ3v) is 5.68. The molecule has 1 aliphatic heterocycles. The first kappa shape index (κ1) is 16.6. The summed E-state index contributed by atoms with van der Waals surface area (Å²) in [5.41, 5.74) is 0.708. The van der Waals surface area contributed by atoms with Gasteiger partial charge in [-0.05, 0) is 18.1 Å². The molecule has 0 fully saturated rings. The predicted octanol–water partition coefficient (Wildman–Crippen LogP) is 5.32. The SMILES string of the molecule is CCC(CC)C1CN=C(Nc2ccccc2SC(F)F)S1. The predicted molar refractivity (Wildman–Crippen MR) is 89.7 cm³/mol. The van der Waals surface area contributed by atoms with Gasteiger partial charge in [-0.25, -0.2) is 0 Å². The standard InChI is InChI=1S/C15H20F2N2S2/c1-3-10(4-2)13-9-18-15(21-13)19-11-7-5-6-8-12(11)20-14(16)17/h5-8,10,13-14H,3-4,9H2,1-2H3,(H,18,19). The molecule has 116 valence electrons. The molecule has 1 aromatic rings. The lowest BCUT2D eigenvalue weighted by Crippen LogP contribution is -2.17. The molecule has 1 unspecified atom stereocenters. The van der Waals surface area contributed by atoms with E-state index < -0.39 is 5.76 Å². The van der Waals surface area contributed by atoms with E-state index in [9.17, 15) is 8.78 Å². The fourth-order valence-corrected chi connectivity index (χ4v) is 4.33. The van der Waals surface area contributed by atoms with Gasteiger partial charge in [-0.15, -0.1) is 0 Å². The summed E-state index contributed by atoms with van der Waals surface area (Å²) in [7, 11) is 0. The Labute approximate surface area is 133 Å². The van der Waals surface area contributed by atoms with Crippen molar-refractivity contribution in [1.29, 1.82) is 0 Å². The molecule has 2 nitrogen and oxygen atoms in total. The summed E-state index contributed by atoms with van der Waals surface area (Å²) in [5, 5.41) is 4.55. The summed E-state index contributed by atoms with van der Waals surface area (Å²) in [6.45, 7) is 5.22. The Morgan fingerprint density at radius 3 is 2.71 bits per heavy atom. The van der Waals surface area contributed by atoms with E-state index in [1.54, 1.807) is 23.9 Å². The van der Waals surface area contributed by atoms with Gasteiger partial charge in [0.2, 0.25) is 0 Å². The summed E-state index contributed by atoms with van der Waals surface area (Å²) in [4.78, 5) is 5.08. The van der Waals surface area contributed by atoms with E-state index in [1.807, 2.05) is 12.1 Å². The van der Waals surface area contributed by atoms with Crippen molar-refractivity contribution in [3.63, 3.8) is 0 Å². The summed E-state index contributed by atoms with van der Waals surface area (Å²) >= 11 is 2.30. The highest BCUT2D eigenvalue weighted by Crippen LogP contribution is 2.35. The van der Waals surface area contributed by atoms with Gasteiger partial charge in [-0.3, -0.25) is 4.99 Å². The maximum Gasteiger partial charge on any atom is 0.288 e. The van der Waals surface area contributed by atoms with Crippen molar-refractivity contribution < 1.29 is 8.78 Å². The highest BCUT2D eigenvalue weighted by molar-refractivity contribution is 8.15. The second-order valence-corrected chi connectivity index (χ2v) is 7.14. The molecule has 1 aromatic carbocycles. The number of para-hydroxylation sites is 1. The van der Waals surface area contributed by atoms with Gasteiger partial charge in [0.15, 0.2) is 5.17 Å². The Kier molecular flexibility index (Phi) is 6.36. The van der Waals surface area contributed by atoms with Crippen LogP contribution in [-0.2, 0) is 0 Å². The van der Waals surface area contributed by atoms with E-state index in [4.69, 9.17) is 0 Å². The molecule has 1 atom stereocenters. The van der Waals surface area contributed by atoms with Gasteiger partial charge >= 0.3 is 0 Å². The van der Waals surface area contributed by atoms with Crippen molar-refractivity contribution in [1.82, 2.24) is 0 Å². The van der Waals surface area contributed by atoms with Crippen LogP contribution in [0.15, 0.2) is 34.2 Å². The van der Waals surface area contributed by atoms with Crippen LogP contribution in [0.1, 0.15) is 26.7 Å². The number of aliphatic imine (C=N–C) groups is 1. The molecule has 0 aliphatic carbocycles. The average molecular weight is 330 g/mol. The molecule has 0 spiro atoms. The average Bonchev–Trinajstić information content (AvgIpc) is 2.90. The molecule has 1 aliphatic rings. The molecular weight excluding hydrogens is 310 g/mol. The third-order valence-electron chi connectivity index (χ3n) is 3.60. The minimum absolute atomic E-state index is 0.498. The Morgan fingerprint density at radius 2 is 2.05 bits per heavy atom. The number of alkyl halides is 2. The van der Waals surface area contributed by atoms with Gasteiger partial charge in [0.1, 0.15) is 0 Å². The van der Waals surface area contributed by atoms with Crippen molar-refractivity contribution in [2.24, 2.45) is 10.9 Å². The number of hydrogen-bond acceptors (Lipinski definition) is 4. The fourth-order valence-electron chi connectivity index (χ4n) is 2.40. The zero-order valence-corrected chi connectivity index (χ0v) is 13.8. The van der Waals surface area contributed by atoms with Crippen LogP contribution in [0.5, 0.6) is 0 Å². The molecule has 0 saturated heterocycles.